The lowest BCUT2D eigenvalue weighted by Crippen LogP contribution is -2.18. The van der Waals surface area contributed by atoms with Gasteiger partial charge in [0.25, 0.3) is 0 Å². The van der Waals surface area contributed by atoms with Crippen LogP contribution in [-0.4, -0.2) is 39.0 Å². The zero-order chi connectivity index (χ0) is 25.7. The van der Waals surface area contributed by atoms with Crippen molar-refractivity contribution in [3.05, 3.63) is 51.7 Å². The monoisotopic (exact) mass is 528 g/mol. The number of hydrogen-bond acceptors (Lipinski definition) is 8. The number of aryl methyl sites for hydroxylation is 1. The Morgan fingerprint density at radius 3 is 2.81 bits per heavy atom. The maximum absolute atomic E-state index is 12.9. The number of para-hydroxylation sites is 1. The van der Waals surface area contributed by atoms with Crippen molar-refractivity contribution in [3.8, 4) is 5.75 Å². The summed E-state index contributed by atoms with van der Waals surface area (Å²) in [7, 11) is 0. The highest BCUT2D eigenvalue weighted by Gasteiger charge is 2.29. The van der Waals surface area contributed by atoms with E-state index in [-0.39, 0.29) is 17.6 Å². The van der Waals surface area contributed by atoms with E-state index in [9.17, 15) is 9.59 Å². The van der Waals surface area contributed by atoms with Gasteiger partial charge in [-0.3, -0.25) is 4.79 Å². The molecule has 0 fully saturated rings. The highest BCUT2D eigenvalue weighted by atomic mass is 32.2. The number of thiophene rings is 1. The molecule has 0 saturated heterocycles. The molecule has 1 N–H and O–H groups in total. The average molecular weight is 529 g/mol. The molecule has 1 amide bonds. The third-order valence-electron chi connectivity index (χ3n) is 6.14. The first-order valence-electron chi connectivity index (χ1n) is 12.3. The first kappa shape index (κ1) is 26.2. The van der Waals surface area contributed by atoms with E-state index in [0.29, 0.717) is 47.2 Å². The first-order chi connectivity index (χ1) is 17.4. The number of nitrogens with one attached hydrogen (secondary N) is 1. The zero-order valence-electron chi connectivity index (χ0n) is 21.1. The van der Waals surface area contributed by atoms with Crippen molar-refractivity contribution in [2.45, 2.75) is 65.3 Å². The number of ether oxygens (including phenoxy) is 2. The van der Waals surface area contributed by atoms with Gasteiger partial charge in [0.1, 0.15) is 17.4 Å². The molecule has 2 aromatic heterocycles. The Labute approximate surface area is 219 Å². The number of rotatable bonds is 10. The molecule has 0 aliphatic heterocycles. The van der Waals surface area contributed by atoms with Crippen LogP contribution in [0.2, 0.25) is 0 Å². The number of nitrogens with zero attached hydrogens (tertiary/aromatic N) is 3. The molecule has 1 aliphatic rings. The van der Waals surface area contributed by atoms with E-state index in [4.69, 9.17) is 9.47 Å². The van der Waals surface area contributed by atoms with Crippen molar-refractivity contribution in [2.24, 2.45) is 5.92 Å². The van der Waals surface area contributed by atoms with E-state index in [2.05, 4.69) is 22.4 Å². The van der Waals surface area contributed by atoms with Gasteiger partial charge in [-0.1, -0.05) is 36.9 Å². The SMILES string of the molecule is CCOC(=O)c1c(NC(=O)CSc2nnc(COc3ccccc3C)n2CC)sc2c1CCC(C)C2. The number of carbonyl (C=O) groups excluding carboxylic acids is 2. The van der Waals surface area contributed by atoms with Crippen LogP contribution in [0.3, 0.4) is 0 Å². The van der Waals surface area contributed by atoms with Crippen LogP contribution in [0.25, 0.3) is 0 Å². The second-order valence-electron chi connectivity index (χ2n) is 8.81. The summed E-state index contributed by atoms with van der Waals surface area (Å²) in [6.07, 6.45) is 2.78. The molecule has 2 heterocycles. The lowest BCUT2D eigenvalue weighted by molar-refractivity contribution is -0.113. The van der Waals surface area contributed by atoms with Gasteiger partial charge < -0.3 is 19.4 Å². The fourth-order valence-corrected chi connectivity index (χ4v) is 6.50. The van der Waals surface area contributed by atoms with Crippen LogP contribution < -0.4 is 10.1 Å². The third-order valence-corrected chi connectivity index (χ3v) is 8.27. The molecule has 4 rings (SSSR count). The first-order valence-corrected chi connectivity index (χ1v) is 14.1. The van der Waals surface area contributed by atoms with Gasteiger partial charge >= 0.3 is 5.97 Å². The molecule has 1 aliphatic carbocycles. The summed E-state index contributed by atoms with van der Waals surface area (Å²) in [5.41, 5.74) is 2.61. The number of thioether (sulfide) groups is 1. The molecule has 0 bridgehead atoms. The summed E-state index contributed by atoms with van der Waals surface area (Å²) in [6.45, 7) is 9.26. The third kappa shape index (κ3) is 5.92. The van der Waals surface area contributed by atoms with Crippen LogP contribution in [0.15, 0.2) is 29.4 Å². The Morgan fingerprint density at radius 2 is 2.06 bits per heavy atom. The van der Waals surface area contributed by atoms with Crippen molar-refractivity contribution in [1.29, 1.82) is 0 Å². The van der Waals surface area contributed by atoms with Gasteiger partial charge in [0, 0.05) is 11.4 Å². The van der Waals surface area contributed by atoms with Crippen LogP contribution in [0.1, 0.15) is 59.4 Å². The van der Waals surface area contributed by atoms with E-state index in [1.165, 1.54) is 28.0 Å². The molecule has 0 spiro atoms. The van der Waals surface area contributed by atoms with Gasteiger partial charge in [-0.15, -0.1) is 21.5 Å². The molecule has 3 aromatic rings. The Balaban J connectivity index is 1.42. The largest absolute Gasteiger partial charge is 0.485 e. The second-order valence-corrected chi connectivity index (χ2v) is 10.9. The van der Waals surface area contributed by atoms with Crippen LogP contribution in [0.5, 0.6) is 5.75 Å². The highest BCUT2D eigenvalue weighted by Crippen LogP contribution is 2.40. The van der Waals surface area contributed by atoms with Gasteiger partial charge in [-0.2, -0.15) is 0 Å². The quantitative estimate of drug-likeness (QED) is 0.283. The number of fused-ring (bicyclic) bond motifs is 1. The molecular weight excluding hydrogens is 496 g/mol. The van der Waals surface area contributed by atoms with Crippen molar-refractivity contribution >= 4 is 40.0 Å². The lowest BCUT2D eigenvalue weighted by atomic mass is 9.88. The Bertz CT molecular complexity index is 1240. The van der Waals surface area contributed by atoms with Gasteiger partial charge in [0.15, 0.2) is 11.0 Å². The van der Waals surface area contributed by atoms with Gasteiger partial charge in [-0.25, -0.2) is 4.79 Å². The van der Waals surface area contributed by atoms with E-state index in [0.717, 1.165) is 36.1 Å². The van der Waals surface area contributed by atoms with Crippen molar-refractivity contribution in [2.75, 3.05) is 17.7 Å². The van der Waals surface area contributed by atoms with Gasteiger partial charge in [0.2, 0.25) is 5.91 Å². The molecule has 1 aromatic carbocycles. The van der Waals surface area contributed by atoms with E-state index >= 15 is 0 Å². The summed E-state index contributed by atoms with van der Waals surface area (Å²) in [5.74, 6) is 1.67. The number of aromatic nitrogens is 3. The Kier molecular flexibility index (Phi) is 8.68. The van der Waals surface area contributed by atoms with Crippen LogP contribution in [-0.2, 0) is 35.5 Å². The topological polar surface area (TPSA) is 95.3 Å². The van der Waals surface area contributed by atoms with Gasteiger partial charge in [0.05, 0.1) is 17.9 Å². The Hall–Kier alpha value is -2.85. The average Bonchev–Trinajstić information content (AvgIpc) is 3.42. The molecule has 10 heteroatoms. The van der Waals surface area contributed by atoms with E-state index in [1.807, 2.05) is 42.7 Å². The Morgan fingerprint density at radius 1 is 1.25 bits per heavy atom. The maximum atomic E-state index is 12.9. The lowest BCUT2D eigenvalue weighted by Gasteiger charge is -2.18. The number of amides is 1. The van der Waals surface area contributed by atoms with E-state index in [1.54, 1.807) is 6.92 Å². The molecule has 8 nitrogen and oxygen atoms in total. The summed E-state index contributed by atoms with van der Waals surface area (Å²) >= 11 is 2.81. The summed E-state index contributed by atoms with van der Waals surface area (Å²) < 4.78 is 13.2. The normalized spacial score (nSPS) is 14.8. The van der Waals surface area contributed by atoms with Crippen LogP contribution in [0, 0.1) is 12.8 Å². The van der Waals surface area contributed by atoms with Crippen LogP contribution in [0.4, 0.5) is 5.00 Å². The fourth-order valence-electron chi connectivity index (χ4n) is 4.26. The number of hydrogen-bond donors (Lipinski definition) is 1. The number of esters is 1. The zero-order valence-corrected chi connectivity index (χ0v) is 22.8. The van der Waals surface area contributed by atoms with Gasteiger partial charge in [-0.05, 0) is 63.1 Å². The van der Waals surface area contributed by atoms with Crippen molar-refractivity contribution in [1.82, 2.24) is 14.8 Å². The minimum absolute atomic E-state index is 0.151. The summed E-state index contributed by atoms with van der Waals surface area (Å²) in [6, 6.07) is 7.83. The summed E-state index contributed by atoms with van der Waals surface area (Å²) in [5, 5.41) is 12.8. The molecule has 0 saturated carbocycles. The molecular formula is C26H32N4O4S2. The minimum Gasteiger partial charge on any atom is -0.485 e. The van der Waals surface area contributed by atoms with E-state index < -0.39 is 0 Å². The highest BCUT2D eigenvalue weighted by molar-refractivity contribution is 7.99. The molecule has 192 valence electrons. The smallest absolute Gasteiger partial charge is 0.341 e. The fraction of sp³-hybridized carbons (Fsp3) is 0.462. The number of anilines is 1. The molecule has 1 unspecified atom stereocenters. The van der Waals surface area contributed by atoms with Crippen LogP contribution >= 0.6 is 23.1 Å². The predicted octanol–water partition coefficient (Wildman–Crippen LogP) is 5.28. The number of benzene rings is 1. The summed E-state index contributed by atoms with van der Waals surface area (Å²) in [4.78, 5) is 26.8. The molecule has 1 atom stereocenters. The molecule has 36 heavy (non-hydrogen) atoms. The minimum atomic E-state index is -0.364. The molecule has 0 radical (unpaired) electrons. The standard InChI is InChI=1S/C26H32N4O4S2/c1-5-30-21(14-34-19-10-8-7-9-17(19)4)28-29-26(30)35-15-22(31)27-24-23(25(32)33-6-2)18-12-11-16(3)13-20(18)36-24/h7-10,16H,5-6,11-15H2,1-4H3,(H,27,31). The maximum Gasteiger partial charge on any atom is 0.341 e. The second kappa shape index (κ2) is 11.9. The number of carbonyl (C=O) groups is 2. The predicted molar refractivity (Wildman–Crippen MR) is 142 cm³/mol. The van der Waals surface area contributed by atoms with Crippen molar-refractivity contribution < 1.29 is 19.1 Å². The van der Waals surface area contributed by atoms with Crippen molar-refractivity contribution in [3.63, 3.8) is 0 Å².